The third-order valence-electron chi connectivity index (χ3n) is 3.69. The van der Waals surface area contributed by atoms with Crippen molar-refractivity contribution in [3.05, 3.63) is 0 Å². The van der Waals surface area contributed by atoms with Crippen LogP contribution in [0.15, 0.2) is 0 Å². The minimum absolute atomic E-state index is 0.0951. The summed E-state index contributed by atoms with van der Waals surface area (Å²) in [6.07, 6.45) is 1.28. The lowest BCUT2D eigenvalue weighted by Gasteiger charge is -2.40. The second-order valence-electron chi connectivity index (χ2n) is 7.72. The van der Waals surface area contributed by atoms with Gasteiger partial charge in [0.1, 0.15) is 11.9 Å². The van der Waals surface area contributed by atoms with E-state index in [1.165, 1.54) is 5.01 Å². The molecule has 9 heteroatoms. The lowest BCUT2D eigenvalue weighted by molar-refractivity contribution is -0.126. The number of carbonyl (C=O) groups excluding carboxylic acids is 2. The van der Waals surface area contributed by atoms with Crippen LogP contribution in [0.2, 0.25) is 0 Å². The molecule has 3 N–H and O–H groups in total. The van der Waals surface area contributed by atoms with Crippen LogP contribution in [-0.4, -0.2) is 89.7 Å². The van der Waals surface area contributed by atoms with Crippen molar-refractivity contribution in [1.29, 1.82) is 5.41 Å². The highest BCUT2D eigenvalue weighted by molar-refractivity contribution is 5.78. The van der Waals surface area contributed by atoms with Crippen LogP contribution < -0.4 is 5.43 Å². The molecule has 144 valence electrons. The second-order valence-corrected chi connectivity index (χ2v) is 7.72. The molecule has 1 aliphatic heterocycles. The van der Waals surface area contributed by atoms with Crippen molar-refractivity contribution in [2.45, 2.75) is 44.8 Å². The molecular weight excluding hydrogens is 326 g/mol. The zero-order chi connectivity index (χ0) is 19.3. The molecule has 0 aromatic heterocycles. The molecule has 1 saturated heterocycles. The Kier molecular flexibility index (Phi) is 7.18. The predicted molar refractivity (Wildman–Crippen MR) is 94.2 cm³/mol. The maximum atomic E-state index is 12.1. The zero-order valence-corrected chi connectivity index (χ0v) is 15.8. The van der Waals surface area contributed by atoms with Crippen molar-refractivity contribution in [3.63, 3.8) is 0 Å². The first-order chi connectivity index (χ1) is 11.4. The number of carbonyl (C=O) groups is 2. The molecule has 1 fully saturated rings. The highest BCUT2D eigenvalue weighted by Gasteiger charge is 2.36. The maximum absolute atomic E-state index is 12.1. The Morgan fingerprint density at radius 3 is 2.32 bits per heavy atom. The molecule has 25 heavy (non-hydrogen) atoms. The van der Waals surface area contributed by atoms with E-state index in [0.717, 1.165) is 6.34 Å². The number of nitrogens with one attached hydrogen (secondary N) is 2. The van der Waals surface area contributed by atoms with Gasteiger partial charge in [-0.1, -0.05) is 0 Å². The molecule has 1 rings (SSSR count). The first-order valence-corrected chi connectivity index (χ1v) is 8.36. The summed E-state index contributed by atoms with van der Waals surface area (Å²) in [5.74, 6) is -0.261. The van der Waals surface area contributed by atoms with Gasteiger partial charge in [-0.05, 0) is 47.7 Å². The van der Waals surface area contributed by atoms with Gasteiger partial charge in [0.25, 0.3) is 5.91 Å². The average Bonchev–Trinajstić information content (AvgIpc) is 2.44. The summed E-state index contributed by atoms with van der Waals surface area (Å²) in [6.45, 7) is 6.44. The van der Waals surface area contributed by atoms with Crippen molar-refractivity contribution >= 4 is 18.3 Å². The molecule has 9 nitrogen and oxygen atoms in total. The molecule has 0 aliphatic carbocycles. The number of ether oxygens (including phenoxy) is 1. The molecule has 0 unspecified atom stereocenters. The number of nitrogens with zero attached hydrogens (tertiary/aromatic N) is 3. The van der Waals surface area contributed by atoms with Crippen molar-refractivity contribution in [2.75, 3.05) is 40.3 Å². The van der Waals surface area contributed by atoms with Crippen LogP contribution in [0.5, 0.6) is 0 Å². The minimum Gasteiger partial charge on any atom is -0.444 e. The summed E-state index contributed by atoms with van der Waals surface area (Å²) >= 11 is 0. The molecule has 1 heterocycles. The molecule has 0 bridgehead atoms. The van der Waals surface area contributed by atoms with E-state index in [-0.39, 0.29) is 19.0 Å². The Bertz CT molecular complexity index is 481. The number of aliphatic hydroxyl groups is 1. The number of likely N-dealkylation sites (N-methyl/N-ethyl adjacent to an activating group) is 1. The third kappa shape index (κ3) is 7.70. The molecular formula is C16H31N5O4. The normalized spacial score (nSPS) is 17.2. The van der Waals surface area contributed by atoms with Gasteiger partial charge in [0.15, 0.2) is 0 Å². The SMILES string of the molecule is CN(C)CC(=O)NN(C=N)CC1(O)CCN(C(=O)OC(C)(C)C)CC1. The molecule has 0 saturated carbocycles. The van der Waals surface area contributed by atoms with Crippen LogP contribution in [0.1, 0.15) is 33.6 Å². The fourth-order valence-electron chi connectivity index (χ4n) is 2.51. The topological polar surface area (TPSA) is 109 Å². The second kappa shape index (κ2) is 8.48. The lowest BCUT2D eigenvalue weighted by Crippen LogP contribution is -2.56. The molecule has 0 aromatic carbocycles. The summed E-state index contributed by atoms with van der Waals surface area (Å²) in [4.78, 5) is 27.1. The lowest BCUT2D eigenvalue weighted by atomic mass is 9.91. The quantitative estimate of drug-likeness (QED) is 0.357. The predicted octanol–water partition coefficient (Wildman–Crippen LogP) is 0.250. The van der Waals surface area contributed by atoms with Crippen molar-refractivity contribution in [1.82, 2.24) is 20.2 Å². The molecule has 2 amide bonds. The van der Waals surface area contributed by atoms with E-state index in [4.69, 9.17) is 10.1 Å². The fourth-order valence-corrected chi connectivity index (χ4v) is 2.51. The van der Waals surface area contributed by atoms with E-state index >= 15 is 0 Å². The number of likely N-dealkylation sites (tertiary alicyclic amines) is 1. The van der Waals surface area contributed by atoms with Crippen LogP contribution in [-0.2, 0) is 9.53 Å². The summed E-state index contributed by atoms with van der Waals surface area (Å²) in [5.41, 5.74) is 0.941. The molecule has 1 aliphatic rings. The van der Waals surface area contributed by atoms with E-state index in [1.54, 1.807) is 23.9 Å². The minimum atomic E-state index is -1.08. The Morgan fingerprint density at radius 1 is 1.32 bits per heavy atom. The number of hydrogen-bond donors (Lipinski definition) is 3. The van der Waals surface area contributed by atoms with Gasteiger partial charge in [0.05, 0.1) is 18.7 Å². The van der Waals surface area contributed by atoms with Gasteiger partial charge in [-0.25, -0.2) is 4.79 Å². The van der Waals surface area contributed by atoms with Gasteiger partial charge < -0.3 is 19.6 Å². The van der Waals surface area contributed by atoms with Crippen LogP contribution in [0.3, 0.4) is 0 Å². The fraction of sp³-hybridized carbons (Fsp3) is 0.812. The summed E-state index contributed by atoms with van der Waals surface area (Å²) < 4.78 is 5.33. The standard InChI is InChI=1S/C16H31N5O4/c1-15(2,3)25-14(23)20-8-6-16(24,7-9-20)11-21(12-17)18-13(22)10-19(4)5/h12,17,24H,6-11H2,1-5H3,(H,18,22). The Hall–Kier alpha value is -1.87. The largest absolute Gasteiger partial charge is 0.444 e. The average molecular weight is 357 g/mol. The van der Waals surface area contributed by atoms with Gasteiger partial charge >= 0.3 is 6.09 Å². The Balaban J connectivity index is 2.53. The van der Waals surface area contributed by atoms with E-state index in [0.29, 0.717) is 25.9 Å². The number of amides is 2. The van der Waals surface area contributed by atoms with Gasteiger partial charge in [0, 0.05) is 13.1 Å². The number of piperidine rings is 1. The van der Waals surface area contributed by atoms with Crippen LogP contribution in [0, 0.1) is 5.41 Å². The van der Waals surface area contributed by atoms with E-state index < -0.39 is 17.3 Å². The highest BCUT2D eigenvalue weighted by atomic mass is 16.6. The summed E-state index contributed by atoms with van der Waals surface area (Å²) in [5, 5.41) is 19.4. The van der Waals surface area contributed by atoms with E-state index in [2.05, 4.69) is 5.43 Å². The summed E-state index contributed by atoms with van der Waals surface area (Å²) in [6, 6.07) is 0. The molecule has 0 atom stereocenters. The van der Waals surface area contributed by atoms with Gasteiger partial charge in [-0.3, -0.25) is 20.6 Å². The highest BCUT2D eigenvalue weighted by Crippen LogP contribution is 2.24. The number of hydrazine groups is 1. The maximum Gasteiger partial charge on any atom is 0.410 e. The van der Waals surface area contributed by atoms with Crippen LogP contribution in [0.4, 0.5) is 4.79 Å². The number of hydrogen-bond acceptors (Lipinski definition) is 6. The van der Waals surface area contributed by atoms with Gasteiger partial charge in [-0.2, -0.15) is 0 Å². The first-order valence-electron chi connectivity index (χ1n) is 8.36. The van der Waals surface area contributed by atoms with E-state index in [9.17, 15) is 14.7 Å². The van der Waals surface area contributed by atoms with Crippen LogP contribution in [0.25, 0.3) is 0 Å². The smallest absolute Gasteiger partial charge is 0.410 e. The monoisotopic (exact) mass is 357 g/mol. The molecule has 0 spiro atoms. The van der Waals surface area contributed by atoms with Crippen molar-refractivity contribution in [2.24, 2.45) is 0 Å². The van der Waals surface area contributed by atoms with Crippen LogP contribution >= 0.6 is 0 Å². The third-order valence-corrected chi connectivity index (χ3v) is 3.69. The van der Waals surface area contributed by atoms with Gasteiger partial charge in [0.2, 0.25) is 0 Å². The molecule has 0 radical (unpaired) electrons. The van der Waals surface area contributed by atoms with Crippen molar-refractivity contribution < 1.29 is 19.4 Å². The summed E-state index contributed by atoms with van der Waals surface area (Å²) in [7, 11) is 3.54. The molecule has 0 aromatic rings. The van der Waals surface area contributed by atoms with E-state index in [1.807, 2.05) is 20.8 Å². The Labute approximate surface area is 149 Å². The van der Waals surface area contributed by atoms with Gasteiger partial charge in [-0.15, -0.1) is 0 Å². The Morgan fingerprint density at radius 2 is 1.88 bits per heavy atom. The number of rotatable bonds is 6. The zero-order valence-electron chi connectivity index (χ0n) is 15.8. The first kappa shape index (κ1) is 21.2. The van der Waals surface area contributed by atoms with Crippen molar-refractivity contribution in [3.8, 4) is 0 Å².